The van der Waals surface area contributed by atoms with E-state index in [9.17, 15) is 4.39 Å². The molecular weight excluding hydrogens is 205 g/mol. The summed E-state index contributed by atoms with van der Waals surface area (Å²) in [5.41, 5.74) is 1.22. The van der Waals surface area contributed by atoms with Gasteiger partial charge in [0.15, 0.2) is 0 Å². The van der Waals surface area contributed by atoms with E-state index in [2.05, 4.69) is 5.32 Å². The maximum atomic E-state index is 12.7. The molecule has 2 N–H and O–H groups in total. The lowest BCUT2D eigenvalue weighted by molar-refractivity contribution is 0.171. The van der Waals surface area contributed by atoms with Crippen LogP contribution in [-0.4, -0.2) is 23.8 Å². The zero-order chi connectivity index (χ0) is 11.5. The highest BCUT2D eigenvalue weighted by Crippen LogP contribution is 2.36. The molecule has 0 aromatic heterocycles. The van der Waals surface area contributed by atoms with Gasteiger partial charge in [0.1, 0.15) is 5.82 Å². The zero-order valence-corrected chi connectivity index (χ0v) is 9.49. The second kappa shape index (κ2) is 4.93. The lowest BCUT2D eigenvalue weighted by Gasteiger charge is -2.36. The van der Waals surface area contributed by atoms with E-state index in [-0.39, 0.29) is 11.9 Å². The first-order valence-corrected chi connectivity index (χ1v) is 5.82. The molecule has 1 unspecified atom stereocenters. The number of halogens is 1. The minimum Gasteiger partial charge on any atom is -0.392 e. The third-order valence-electron chi connectivity index (χ3n) is 3.18. The molecule has 2 rings (SSSR count). The van der Waals surface area contributed by atoms with Crippen LogP contribution in [0, 0.1) is 5.82 Å². The Bertz CT molecular complexity index is 330. The predicted octanol–water partition coefficient (Wildman–Crippen LogP) is 2.04. The number of aliphatic hydroxyl groups excluding tert-OH is 1. The summed E-state index contributed by atoms with van der Waals surface area (Å²) < 4.78 is 12.7. The van der Waals surface area contributed by atoms with E-state index in [0.29, 0.717) is 18.5 Å². The van der Waals surface area contributed by atoms with Gasteiger partial charge in [0.05, 0.1) is 6.10 Å². The van der Waals surface area contributed by atoms with E-state index in [1.165, 1.54) is 17.7 Å². The van der Waals surface area contributed by atoms with Crippen LogP contribution in [0.2, 0.25) is 0 Å². The van der Waals surface area contributed by atoms with Gasteiger partial charge in [-0.1, -0.05) is 12.1 Å². The van der Waals surface area contributed by atoms with Crippen LogP contribution in [0.3, 0.4) is 0 Å². The summed E-state index contributed by atoms with van der Waals surface area (Å²) in [6.07, 6.45) is 1.88. The fourth-order valence-electron chi connectivity index (χ4n) is 2.13. The quantitative estimate of drug-likeness (QED) is 0.818. The summed E-state index contributed by atoms with van der Waals surface area (Å²) in [5, 5.41) is 12.4. The third kappa shape index (κ3) is 2.80. The standard InChI is InChI=1S/C13H18FNO/c1-9(16)8-15-13-6-11(7-13)10-2-4-12(14)5-3-10/h2-5,9,11,13,15-16H,6-8H2,1H3. The highest BCUT2D eigenvalue weighted by Gasteiger charge is 2.29. The summed E-state index contributed by atoms with van der Waals surface area (Å²) >= 11 is 0. The van der Waals surface area contributed by atoms with Crippen molar-refractivity contribution in [3.05, 3.63) is 35.6 Å². The van der Waals surface area contributed by atoms with E-state index in [1.54, 1.807) is 6.92 Å². The summed E-state index contributed by atoms with van der Waals surface area (Å²) in [4.78, 5) is 0. The molecule has 1 saturated carbocycles. The Balaban J connectivity index is 1.77. The Morgan fingerprint density at radius 3 is 2.56 bits per heavy atom. The topological polar surface area (TPSA) is 32.3 Å². The maximum Gasteiger partial charge on any atom is 0.123 e. The molecule has 1 aromatic carbocycles. The molecule has 88 valence electrons. The van der Waals surface area contributed by atoms with Crippen molar-refractivity contribution in [1.82, 2.24) is 5.32 Å². The smallest absolute Gasteiger partial charge is 0.123 e. The molecule has 16 heavy (non-hydrogen) atoms. The molecule has 0 amide bonds. The SMILES string of the molecule is CC(O)CNC1CC(c2ccc(F)cc2)C1. The molecule has 1 aromatic rings. The molecule has 2 nitrogen and oxygen atoms in total. The van der Waals surface area contributed by atoms with Gasteiger partial charge in [0.2, 0.25) is 0 Å². The summed E-state index contributed by atoms with van der Waals surface area (Å²) in [5.74, 6) is 0.374. The fraction of sp³-hybridized carbons (Fsp3) is 0.538. The molecule has 1 aliphatic rings. The number of rotatable bonds is 4. The molecule has 1 aliphatic carbocycles. The van der Waals surface area contributed by atoms with Gasteiger partial charge in [-0.2, -0.15) is 0 Å². The van der Waals surface area contributed by atoms with Crippen LogP contribution in [0.15, 0.2) is 24.3 Å². The van der Waals surface area contributed by atoms with Gasteiger partial charge >= 0.3 is 0 Å². The molecule has 1 fully saturated rings. The average Bonchev–Trinajstić information content (AvgIpc) is 2.18. The van der Waals surface area contributed by atoms with Crippen LogP contribution >= 0.6 is 0 Å². The Morgan fingerprint density at radius 2 is 2.00 bits per heavy atom. The molecule has 0 heterocycles. The van der Waals surface area contributed by atoms with Gasteiger partial charge in [0, 0.05) is 12.6 Å². The van der Waals surface area contributed by atoms with Crippen molar-refractivity contribution in [2.75, 3.05) is 6.54 Å². The van der Waals surface area contributed by atoms with E-state index < -0.39 is 0 Å². The molecule has 3 heteroatoms. The second-order valence-corrected chi connectivity index (χ2v) is 4.67. The molecule has 0 spiro atoms. The summed E-state index contributed by atoms with van der Waals surface area (Å²) in [6, 6.07) is 7.28. The Morgan fingerprint density at radius 1 is 1.38 bits per heavy atom. The van der Waals surface area contributed by atoms with Crippen LogP contribution < -0.4 is 5.32 Å². The van der Waals surface area contributed by atoms with E-state index >= 15 is 0 Å². The normalized spacial score (nSPS) is 26.2. The van der Waals surface area contributed by atoms with E-state index in [0.717, 1.165) is 12.8 Å². The Kier molecular flexibility index (Phi) is 3.56. The van der Waals surface area contributed by atoms with Crippen molar-refractivity contribution < 1.29 is 9.50 Å². The second-order valence-electron chi connectivity index (χ2n) is 4.67. The Hall–Kier alpha value is -0.930. The average molecular weight is 223 g/mol. The van der Waals surface area contributed by atoms with Crippen LogP contribution in [0.1, 0.15) is 31.2 Å². The zero-order valence-electron chi connectivity index (χ0n) is 9.49. The van der Waals surface area contributed by atoms with Crippen molar-refractivity contribution in [3.63, 3.8) is 0 Å². The molecule has 0 bridgehead atoms. The van der Waals surface area contributed by atoms with Crippen LogP contribution in [0.4, 0.5) is 4.39 Å². The number of nitrogens with one attached hydrogen (secondary N) is 1. The van der Waals surface area contributed by atoms with Gasteiger partial charge in [-0.05, 0) is 43.4 Å². The lowest BCUT2D eigenvalue weighted by atomic mass is 9.76. The molecule has 1 atom stereocenters. The predicted molar refractivity (Wildman–Crippen MR) is 61.8 cm³/mol. The third-order valence-corrected chi connectivity index (χ3v) is 3.18. The van der Waals surface area contributed by atoms with E-state index in [4.69, 9.17) is 5.11 Å². The van der Waals surface area contributed by atoms with Crippen molar-refractivity contribution in [3.8, 4) is 0 Å². The van der Waals surface area contributed by atoms with Gasteiger partial charge in [-0.15, -0.1) is 0 Å². The number of hydrogen-bond donors (Lipinski definition) is 2. The molecule has 0 radical (unpaired) electrons. The number of hydrogen-bond acceptors (Lipinski definition) is 2. The van der Waals surface area contributed by atoms with Gasteiger partial charge in [-0.3, -0.25) is 0 Å². The van der Waals surface area contributed by atoms with Crippen molar-refractivity contribution in [2.45, 2.75) is 37.8 Å². The van der Waals surface area contributed by atoms with Gasteiger partial charge in [-0.25, -0.2) is 4.39 Å². The first-order chi connectivity index (χ1) is 7.65. The number of aliphatic hydroxyl groups is 1. The van der Waals surface area contributed by atoms with Crippen molar-refractivity contribution >= 4 is 0 Å². The molecular formula is C13H18FNO. The number of benzene rings is 1. The van der Waals surface area contributed by atoms with E-state index in [1.807, 2.05) is 12.1 Å². The largest absolute Gasteiger partial charge is 0.392 e. The fourth-order valence-corrected chi connectivity index (χ4v) is 2.13. The lowest BCUT2D eigenvalue weighted by Crippen LogP contribution is -2.42. The van der Waals surface area contributed by atoms with Crippen molar-refractivity contribution in [1.29, 1.82) is 0 Å². The monoisotopic (exact) mass is 223 g/mol. The minimum absolute atomic E-state index is 0.174. The highest BCUT2D eigenvalue weighted by atomic mass is 19.1. The first kappa shape index (κ1) is 11.6. The van der Waals surface area contributed by atoms with Gasteiger partial charge < -0.3 is 10.4 Å². The van der Waals surface area contributed by atoms with Crippen LogP contribution in [0.25, 0.3) is 0 Å². The van der Waals surface area contributed by atoms with Gasteiger partial charge in [0.25, 0.3) is 0 Å². The Labute approximate surface area is 95.5 Å². The van der Waals surface area contributed by atoms with Crippen LogP contribution in [0.5, 0.6) is 0 Å². The first-order valence-electron chi connectivity index (χ1n) is 5.82. The minimum atomic E-state index is -0.287. The summed E-state index contributed by atoms with van der Waals surface area (Å²) in [7, 11) is 0. The highest BCUT2D eigenvalue weighted by molar-refractivity contribution is 5.23. The molecule has 0 aliphatic heterocycles. The van der Waals surface area contributed by atoms with Crippen molar-refractivity contribution in [2.24, 2.45) is 0 Å². The maximum absolute atomic E-state index is 12.7. The summed E-state index contributed by atoms with van der Waals surface area (Å²) in [6.45, 7) is 2.43. The molecule has 0 saturated heterocycles. The van der Waals surface area contributed by atoms with Crippen LogP contribution in [-0.2, 0) is 0 Å².